The number of ether oxygens (including phenoxy) is 1. The van der Waals surface area contributed by atoms with Gasteiger partial charge in [-0.15, -0.1) is 0 Å². The van der Waals surface area contributed by atoms with Crippen LogP contribution in [0.3, 0.4) is 0 Å². The van der Waals surface area contributed by atoms with Crippen molar-refractivity contribution in [1.29, 1.82) is 0 Å². The summed E-state index contributed by atoms with van der Waals surface area (Å²) in [6.07, 6.45) is 6.26. The molecule has 1 saturated heterocycles. The van der Waals surface area contributed by atoms with Crippen LogP contribution in [0.1, 0.15) is 19.8 Å². The predicted octanol–water partition coefficient (Wildman–Crippen LogP) is 2.65. The Morgan fingerprint density at radius 3 is 2.60 bits per heavy atom. The molecule has 0 aliphatic carbocycles. The highest BCUT2D eigenvalue weighted by Crippen LogP contribution is 2.13. The number of hydrogen-bond donors (Lipinski definition) is 1. The summed E-state index contributed by atoms with van der Waals surface area (Å²) in [5.41, 5.74) is 2.01. The smallest absolute Gasteiger partial charge is 0.0469 e. The Morgan fingerprint density at radius 1 is 1.33 bits per heavy atom. The lowest BCUT2D eigenvalue weighted by atomic mass is 10.0. The standard InChI is InChI=1S/C13H21NO/c1-11(2)4-5-12(3)14-10-13-6-8-15-9-7-13/h4-5,13-14H,1,3,6-10H2,2H3/b5-4-. The monoisotopic (exact) mass is 207 g/mol. The first-order valence-corrected chi connectivity index (χ1v) is 5.52. The third kappa shape index (κ3) is 5.43. The Balaban J connectivity index is 2.18. The van der Waals surface area contributed by atoms with E-state index in [0.29, 0.717) is 0 Å². The fourth-order valence-electron chi connectivity index (χ4n) is 1.53. The second-order valence-corrected chi connectivity index (χ2v) is 4.14. The van der Waals surface area contributed by atoms with Crippen LogP contribution >= 0.6 is 0 Å². The zero-order valence-electron chi connectivity index (χ0n) is 9.59. The second kappa shape index (κ2) is 6.46. The SMILES string of the molecule is C=C(C)/C=C\C(=C)NCC1CCOCC1. The molecule has 2 heteroatoms. The predicted molar refractivity (Wildman–Crippen MR) is 64.6 cm³/mol. The van der Waals surface area contributed by atoms with E-state index in [9.17, 15) is 0 Å². The Morgan fingerprint density at radius 2 is 2.00 bits per heavy atom. The zero-order valence-corrected chi connectivity index (χ0v) is 9.59. The van der Waals surface area contributed by atoms with Crippen molar-refractivity contribution in [3.63, 3.8) is 0 Å². The summed E-state index contributed by atoms with van der Waals surface area (Å²) in [6.45, 7) is 12.5. The molecular weight excluding hydrogens is 186 g/mol. The third-order valence-electron chi connectivity index (χ3n) is 2.53. The van der Waals surface area contributed by atoms with E-state index in [4.69, 9.17) is 4.74 Å². The number of allylic oxidation sites excluding steroid dienone is 3. The molecular formula is C13H21NO. The highest BCUT2D eigenvalue weighted by Gasteiger charge is 2.12. The van der Waals surface area contributed by atoms with Gasteiger partial charge in [0.2, 0.25) is 0 Å². The fourth-order valence-corrected chi connectivity index (χ4v) is 1.53. The highest BCUT2D eigenvalue weighted by atomic mass is 16.5. The molecule has 0 spiro atoms. The average molecular weight is 207 g/mol. The largest absolute Gasteiger partial charge is 0.385 e. The number of rotatable bonds is 5. The van der Waals surface area contributed by atoms with Gasteiger partial charge in [-0.25, -0.2) is 0 Å². The maximum absolute atomic E-state index is 5.31. The summed E-state index contributed by atoms with van der Waals surface area (Å²) >= 11 is 0. The molecule has 0 unspecified atom stereocenters. The number of nitrogens with one attached hydrogen (secondary N) is 1. The molecule has 1 heterocycles. The van der Waals surface area contributed by atoms with E-state index in [0.717, 1.165) is 49.8 Å². The van der Waals surface area contributed by atoms with Gasteiger partial charge >= 0.3 is 0 Å². The van der Waals surface area contributed by atoms with Crippen LogP contribution in [0.2, 0.25) is 0 Å². The van der Waals surface area contributed by atoms with Crippen LogP contribution in [0.15, 0.2) is 36.6 Å². The van der Waals surface area contributed by atoms with Crippen LogP contribution in [0.4, 0.5) is 0 Å². The molecule has 0 bridgehead atoms. The molecule has 0 radical (unpaired) electrons. The minimum Gasteiger partial charge on any atom is -0.385 e. The van der Waals surface area contributed by atoms with Crippen molar-refractivity contribution in [3.05, 3.63) is 36.6 Å². The van der Waals surface area contributed by atoms with E-state index in [1.807, 2.05) is 19.1 Å². The van der Waals surface area contributed by atoms with Gasteiger partial charge in [0.15, 0.2) is 0 Å². The van der Waals surface area contributed by atoms with E-state index < -0.39 is 0 Å². The van der Waals surface area contributed by atoms with E-state index in [-0.39, 0.29) is 0 Å². The zero-order chi connectivity index (χ0) is 11.1. The van der Waals surface area contributed by atoms with Crippen LogP contribution in [-0.2, 0) is 4.74 Å². The Bertz CT molecular complexity index is 249. The van der Waals surface area contributed by atoms with Crippen molar-refractivity contribution in [1.82, 2.24) is 5.32 Å². The molecule has 1 aliphatic heterocycles. The van der Waals surface area contributed by atoms with Gasteiger partial charge in [0.05, 0.1) is 0 Å². The molecule has 0 saturated carbocycles. The fraction of sp³-hybridized carbons (Fsp3) is 0.538. The minimum absolute atomic E-state index is 0.730. The molecule has 1 fully saturated rings. The van der Waals surface area contributed by atoms with Gasteiger partial charge < -0.3 is 10.1 Å². The lowest BCUT2D eigenvalue weighted by Gasteiger charge is -2.22. The molecule has 0 atom stereocenters. The van der Waals surface area contributed by atoms with Crippen molar-refractivity contribution in [2.75, 3.05) is 19.8 Å². The molecule has 1 N–H and O–H groups in total. The van der Waals surface area contributed by atoms with E-state index >= 15 is 0 Å². The van der Waals surface area contributed by atoms with Crippen molar-refractivity contribution in [2.24, 2.45) is 5.92 Å². The van der Waals surface area contributed by atoms with Gasteiger partial charge in [-0.2, -0.15) is 0 Å². The van der Waals surface area contributed by atoms with Gasteiger partial charge in [0.1, 0.15) is 0 Å². The Labute approximate surface area is 92.7 Å². The van der Waals surface area contributed by atoms with E-state index in [2.05, 4.69) is 18.5 Å². The van der Waals surface area contributed by atoms with Gasteiger partial charge in [-0.1, -0.05) is 24.8 Å². The third-order valence-corrected chi connectivity index (χ3v) is 2.53. The normalized spacial score (nSPS) is 17.9. The average Bonchev–Trinajstić information content (AvgIpc) is 2.25. The lowest BCUT2D eigenvalue weighted by molar-refractivity contribution is 0.0671. The van der Waals surface area contributed by atoms with Gasteiger partial charge in [-0.05, 0) is 31.8 Å². The van der Waals surface area contributed by atoms with E-state index in [1.165, 1.54) is 0 Å². The molecule has 0 aromatic heterocycles. The Hall–Kier alpha value is -1.02. The second-order valence-electron chi connectivity index (χ2n) is 4.14. The maximum atomic E-state index is 5.31. The summed E-state index contributed by atoms with van der Waals surface area (Å²) in [7, 11) is 0. The summed E-state index contributed by atoms with van der Waals surface area (Å²) in [4.78, 5) is 0. The Kier molecular flexibility index (Phi) is 5.19. The summed E-state index contributed by atoms with van der Waals surface area (Å²) in [5, 5.41) is 3.33. The summed E-state index contributed by atoms with van der Waals surface area (Å²) < 4.78 is 5.31. The van der Waals surface area contributed by atoms with Crippen molar-refractivity contribution in [3.8, 4) is 0 Å². The first-order valence-electron chi connectivity index (χ1n) is 5.52. The molecule has 1 aliphatic rings. The molecule has 15 heavy (non-hydrogen) atoms. The lowest BCUT2D eigenvalue weighted by Crippen LogP contribution is -2.26. The van der Waals surface area contributed by atoms with Crippen LogP contribution in [-0.4, -0.2) is 19.8 Å². The molecule has 1 rings (SSSR count). The van der Waals surface area contributed by atoms with Crippen molar-refractivity contribution < 1.29 is 4.74 Å². The topological polar surface area (TPSA) is 21.3 Å². The van der Waals surface area contributed by atoms with Crippen molar-refractivity contribution >= 4 is 0 Å². The quantitative estimate of drug-likeness (QED) is 0.700. The molecule has 0 amide bonds. The number of hydrogen-bond acceptors (Lipinski definition) is 2. The van der Waals surface area contributed by atoms with Crippen LogP contribution < -0.4 is 5.32 Å². The molecule has 84 valence electrons. The maximum Gasteiger partial charge on any atom is 0.0469 e. The van der Waals surface area contributed by atoms with Gasteiger partial charge in [0.25, 0.3) is 0 Å². The molecule has 2 nitrogen and oxygen atoms in total. The van der Waals surface area contributed by atoms with Crippen molar-refractivity contribution in [2.45, 2.75) is 19.8 Å². The first-order chi connectivity index (χ1) is 7.18. The van der Waals surface area contributed by atoms with Crippen LogP contribution in [0.5, 0.6) is 0 Å². The summed E-state index contributed by atoms with van der Waals surface area (Å²) in [5.74, 6) is 0.730. The minimum atomic E-state index is 0.730. The van der Waals surface area contributed by atoms with Crippen LogP contribution in [0.25, 0.3) is 0 Å². The summed E-state index contributed by atoms with van der Waals surface area (Å²) in [6, 6.07) is 0. The van der Waals surface area contributed by atoms with Gasteiger partial charge in [0, 0.05) is 25.5 Å². The molecule has 0 aromatic carbocycles. The first kappa shape index (κ1) is 12.1. The van der Waals surface area contributed by atoms with Crippen LogP contribution in [0, 0.1) is 5.92 Å². The molecule has 0 aromatic rings. The highest BCUT2D eigenvalue weighted by molar-refractivity contribution is 5.21. The van der Waals surface area contributed by atoms with Gasteiger partial charge in [-0.3, -0.25) is 0 Å². The van der Waals surface area contributed by atoms with E-state index in [1.54, 1.807) is 0 Å².